The molecule has 27 heavy (non-hydrogen) atoms. The number of likely N-dealkylation sites (N-methyl/N-ethyl adjacent to an activating group) is 1. The molecule has 2 aromatic rings. The average Bonchev–Trinajstić information content (AvgIpc) is 2.74. The van der Waals surface area contributed by atoms with Crippen molar-refractivity contribution in [3.05, 3.63) is 89.5 Å². The number of rotatable bonds is 8. The van der Waals surface area contributed by atoms with Gasteiger partial charge in [-0.05, 0) is 66.3 Å². The third kappa shape index (κ3) is 4.99. The van der Waals surface area contributed by atoms with Crippen LogP contribution in [-0.2, 0) is 0 Å². The molecule has 2 aromatic carbocycles. The van der Waals surface area contributed by atoms with Crippen molar-refractivity contribution < 1.29 is 4.74 Å². The van der Waals surface area contributed by atoms with E-state index in [4.69, 9.17) is 4.74 Å². The fraction of sp³-hybridized carbons (Fsp3) is 0.280. The van der Waals surface area contributed by atoms with Crippen LogP contribution in [0.5, 0.6) is 5.75 Å². The van der Waals surface area contributed by atoms with Crippen LogP contribution in [0, 0.1) is 0 Å². The van der Waals surface area contributed by atoms with E-state index in [1.807, 2.05) is 7.05 Å². The molecule has 0 bridgehead atoms. The number of allylic oxidation sites excluding steroid dienone is 6. The van der Waals surface area contributed by atoms with Crippen LogP contribution in [0.4, 0.5) is 0 Å². The lowest BCUT2D eigenvalue weighted by Crippen LogP contribution is -2.15. The second kappa shape index (κ2) is 9.94. The van der Waals surface area contributed by atoms with Crippen LogP contribution in [0.25, 0.3) is 11.1 Å². The lowest BCUT2D eigenvalue weighted by molar-refractivity contribution is 0.318. The summed E-state index contributed by atoms with van der Waals surface area (Å²) in [5.41, 5.74) is 6.59. The summed E-state index contributed by atoms with van der Waals surface area (Å²) in [7, 11) is 1.94. The standard InChI is InChI=1S/C25H29NO/c1-3-24(20-10-6-4-7-11-20)25(21-12-8-5-9-13-21)22-14-16-23(17-15-22)27-19-18-26-2/h4,6-8,10-17,26H,3,5,9,18-19H2,1-2H3/b25-24-. The van der Waals surface area contributed by atoms with Crippen molar-refractivity contribution >= 4 is 11.1 Å². The van der Waals surface area contributed by atoms with Gasteiger partial charge < -0.3 is 10.1 Å². The molecular weight excluding hydrogens is 330 g/mol. The minimum atomic E-state index is 0.677. The molecular formula is C25H29NO. The van der Waals surface area contributed by atoms with E-state index in [1.165, 1.54) is 27.8 Å². The lowest BCUT2D eigenvalue weighted by atomic mass is 9.86. The van der Waals surface area contributed by atoms with Crippen LogP contribution in [-0.4, -0.2) is 20.2 Å². The first-order chi connectivity index (χ1) is 13.3. The van der Waals surface area contributed by atoms with Crippen molar-refractivity contribution in [1.82, 2.24) is 5.32 Å². The molecule has 2 heteroatoms. The van der Waals surface area contributed by atoms with Crippen LogP contribution >= 0.6 is 0 Å². The molecule has 0 fully saturated rings. The predicted octanol–water partition coefficient (Wildman–Crippen LogP) is 5.88. The van der Waals surface area contributed by atoms with Gasteiger partial charge in [-0.3, -0.25) is 0 Å². The largest absolute Gasteiger partial charge is 0.492 e. The van der Waals surface area contributed by atoms with Gasteiger partial charge >= 0.3 is 0 Å². The van der Waals surface area contributed by atoms with Crippen molar-refractivity contribution in [2.24, 2.45) is 0 Å². The highest BCUT2D eigenvalue weighted by atomic mass is 16.5. The van der Waals surface area contributed by atoms with Crippen molar-refractivity contribution in [3.8, 4) is 5.75 Å². The Balaban J connectivity index is 2.01. The van der Waals surface area contributed by atoms with Gasteiger partial charge in [0.05, 0.1) is 0 Å². The summed E-state index contributed by atoms with van der Waals surface area (Å²) in [6.45, 7) is 3.76. The molecule has 0 spiro atoms. The van der Waals surface area contributed by atoms with E-state index in [0.29, 0.717) is 6.61 Å². The van der Waals surface area contributed by atoms with Crippen molar-refractivity contribution in [3.63, 3.8) is 0 Å². The molecule has 0 aliphatic heterocycles. The van der Waals surface area contributed by atoms with Gasteiger partial charge in [0, 0.05) is 6.54 Å². The minimum absolute atomic E-state index is 0.677. The summed E-state index contributed by atoms with van der Waals surface area (Å²) in [4.78, 5) is 0. The van der Waals surface area contributed by atoms with Gasteiger partial charge in [-0.25, -0.2) is 0 Å². The molecule has 0 amide bonds. The zero-order valence-electron chi connectivity index (χ0n) is 16.4. The topological polar surface area (TPSA) is 21.3 Å². The molecule has 2 nitrogen and oxygen atoms in total. The number of hydrogen-bond donors (Lipinski definition) is 1. The quantitative estimate of drug-likeness (QED) is 0.469. The third-order valence-corrected chi connectivity index (χ3v) is 4.83. The van der Waals surface area contributed by atoms with E-state index in [-0.39, 0.29) is 0 Å². The number of hydrogen-bond acceptors (Lipinski definition) is 2. The second-order valence-corrected chi connectivity index (χ2v) is 6.69. The number of ether oxygens (including phenoxy) is 1. The molecule has 0 radical (unpaired) electrons. The fourth-order valence-corrected chi connectivity index (χ4v) is 3.47. The summed E-state index contributed by atoms with van der Waals surface area (Å²) in [5.74, 6) is 0.916. The monoisotopic (exact) mass is 359 g/mol. The van der Waals surface area contributed by atoms with E-state index >= 15 is 0 Å². The van der Waals surface area contributed by atoms with Crippen molar-refractivity contribution in [2.45, 2.75) is 26.2 Å². The maximum Gasteiger partial charge on any atom is 0.119 e. The van der Waals surface area contributed by atoms with Gasteiger partial charge in [0.2, 0.25) is 0 Å². The fourth-order valence-electron chi connectivity index (χ4n) is 3.47. The highest BCUT2D eigenvalue weighted by Gasteiger charge is 2.14. The normalized spacial score (nSPS) is 14.5. The predicted molar refractivity (Wildman–Crippen MR) is 116 cm³/mol. The maximum atomic E-state index is 5.79. The highest BCUT2D eigenvalue weighted by Crippen LogP contribution is 2.36. The van der Waals surface area contributed by atoms with Gasteiger partial charge in [0.25, 0.3) is 0 Å². The first-order valence-electron chi connectivity index (χ1n) is 9.87. The van der Waals surface area contributed by atoms with E-state index in [1.54, 1.807) is 0 Å². The van der Waals surface area contributed by atoms with Gasteiger partial charge in [0.1, 0.15) is 12.4 Å². The first-order valence-corrected chi connectivity index (χ1v) is 9.87. The molecule has 0 saturated heterocycles. The summed E-state index contributed by atoms with van der Waals surface area (Å²) in [6.07, 6.45) is 10.1. The maximum absolute atomic E-state index is 5.79. The SMILES string of the molecule is CC/C(=C(\C1=CCCC=C1)c1ccc(OCCNC)cc1)c1ccccc1. The number of benzene rings is 2. The molecule has 1 aliphatic rings. The molecule has 0 aromatic heterocycles. The summed E-state index contributed by atoms with van der Waals surface area (Å²) < 4.78 is 5.79. The molecule has 0 heterocycles. The molecule has 0 unspecified atom stereocenters. The Kier molecular flexibility index (Phi) is 7.06. The Morgan fingerprint density at radius 3 is 2.37 bits per heavy atom. The Labute approximate surface area is 163 Å². The van der Waals surface area contributed by atoms with E-state index in [0.717, 1.165) is 31.6 Å². The third-order valence-electron chi connectivity index (χ3n) is 4.83. The Morgan fingerprint density at radius 1 is 0.963 bits per heavy atom. The van der Waals surface area contributed by atoms with E-state index in [9.17, 15) is 0 Å². The van der Waals surface area contributed by atoms with Gasteiger partial charge in [-0.1, -0.05) is 67.6 Å². The van der Waals surface area contributed by atoms with E-state index < -0.39 is 0 Å². The zero-order valence-corrected chi connectivity index (χ0v) is 16.4. The van der Waals surface area contributed by atoms with Crippen LogP contribution in [0.3, 0.4) is 0 Å². The van der Waals surface area contributed by atoms with Crippen LogP contribution in [0.15, 0.2) is 78.4 Å². The minimum Gasteiger partial charge on any atom is -0.492 e. The molecule has 0 atom stereocenters. The zero-order chi connectivity index (χ0) is 18.9. The molecule has 1 N–H and O–H groups in total. The summed E-state index contributed by atoms with van der Waals surface area (Å²) in [6, 6.07) is 19.3. The Morgan fingerprint density at radius 2 is 1.74 bits per heavy atom. The van der Waals surface area contributed by atoms with Crippen molar-refractivity contribution in [1.29, 1.82) is 0 Å². The van der Waals surface area contributed by atoms with Crippen molar-refractivity contribution in [2.75, 3.05) is 20.2 Å². The molecule has 0 saturated carbocycles. The lowest BCUT2D eigenvalue weighted by Gasteiger charge is -2.19. The molecule has 1 aliphatic carbocycles. The Bertz CT molecular complexity index is 813. The average molecular weight is 360 g/mol. The van der Waals surface area contributed by atoms with Crippen LogP contribution < -0.4 is 10.1 Å². The molecule has 3 rings (SSSR count). The van der Waals surface area contributed by atoms with Crippen LogP contribution in [0.1, 0.15) is 37.3 Å². The number of nitrogens with one attached hydrogen (secondary N) is 1. The second-order valence-electron chi connectivity index (χ2n) is 6.69. The van der Waals surface area contributed by atoms with Gasteiger partial charge in [-0.15, -0.1) is 0 Å². The highest BCUT2D eigenvalue weighted by molar-refractivity contribution is 5.99. The summed E-state index contributed by atoms with van der Waals surface area (Å²) >= 11 is 0. The van der Waals surface area contributed by atoms with E-state index in [2.05, 4.69) is 85.1 Å². The van der Waals surface area contributed by atoms with Gasteiger partial charge in [0.15, 0.2) is 0 Å². The Hall–Kier alpha value is -2.58. The summed E-state index contributed by atoms with van der Waals surface area (Å²) in [5, 5.41) is 3.10. The molecule has 140 valence electrons. The smallest absolute Gasteiger partial charge is 0.119 e. The van der Waals surface area contributed by atoms with Gasteiger partial charge in [-0.2, -0.15) is 0 Å². The first kappa shape index (κ1) is 19.2. The van der Waals surface area contributed by atoms with Crippen LogP contribution in [0.2, 0.25) is 0 Å².